The Morgan fingerprint density at radius 3 is 2.48 bits per heavy atom. The van der Waals surface area contributed by atoms with Crippen molar-refractivity contribution in [3.8, 4) is 5.69 Å². The lowest BCUT2D eigenvalue weighted by Gasteiger charge is -2.16. The van der Waals surface area contributed by atoms with Crippen LogP contribution in [-0.4, -0.2) is 15.6 Å². The topological polar surface area (TPSA) is 29.9 Å². The van der Waals surface area contributed by atoms with Crippen molar-refractivity contribution in [2.24, 2.45) is 0 Å². The summed E-state index contributed by atoms with van der Waals surface area (Å²) in [6, 6.07) is 3.91. The molecule has 0 saturated heterocycles. The van der Waals surface area contributed by atoms with E-state index in [0.717, 1.165) is 17.3 Å². The van der Waals surface area contributed by atoms with Gasteiger partial charge in [0.2, 0.25) is 5.95 Å². The second-order valence-electron chi connectivity index (χ2n) is 5.42. The summed E-state index contributed by atoms with van der Waals surface area (Å²) >= 11 is 18.4. The first-order chi connectivity index (χ1) is 10.0. The molecular weight excluding hydrogens is 329 g/mol. The minimum Gasteiger partial charge on any atom is -0.353 e. The van der Waals surface area contributed by atoms with Crippen molar-refractivity contribution in [3.05, 3.63) is 39.1 Å². The molecule has 0 spiro atoms. The fraction of sp³-hybridized carbons (Fsp3) is 0.400. The Labute approximate surface area is 139 Å². The van der Waals surface area contributed by atoms with Crippen LogP contribution in [0.2, 0.25) is 15.1 Å². The van der Waals surface area contributed by atoms with Gasteiger partial charge >= 0.3 is 0 Å². The maximum atomic E-state index is 6.31. The number of anilines is 1. The first-order valence-corrected chi connectivity index (χ1v) is 8.15. The van der Waals surface area contributed by atoms with Crippen molar-refractivity contribution in [2.75, 3.05) is 5.32 Å². The van der Waals surface area contributed by atoms with Gasteiger partial charge in [0.05, 0.1) is 26.4 Å². The molecule has 112 valence electrons. The number of imidazole rings is 1. The van der Waals surface area contributed by atoms with Crippen molar-refractivity contribution in [2.45, 2.75) is 38.6 Å². The lowest BCUT2D eigenvalue weighted by atomic mass is 10.2. The van der Waals surface area contributed by atoms with Gasteiger partial charge in [0, 0.05) is 12.2 Å². The minimum absolute atomic E-state index is 0.451. The Balaban J connectivity index is 2.00. The zero-order chi connectivity index (χ0) is 15.0. The van der Waals surface area contributed by atoms with E-state index in [1.807, 2.05) is 17.7 Å². The predicted molar refractivity (Wildman–Crippen MR) is 89.2 cm³/mol. The summed E-state index contributed by atoms with van der Waals surface area (Å²) in [5.74, 6) is 0.805. The van der Waals surface area contributed by atoms with Crippen molar-refractivity contribution in [1.82, 2.24) is 9.55 Å². The Morgan fingerprint density at radius 2 is 1.76 bits per heavy atom. The molecule has 0 amide bonds. The smallest absolute Gasteiger partial charge is 0.208 e. The molecule has 0 aliphatic heterocycles. The Kier molecular flexibility index (Phi) is 4.34. The van der Waals surface area contributed by atoms with Gasteiger partial charge in [0.25, 0.3) is 0 Å². The van der Waals surface area contributed by atoms with E-state index in [1.165, 1.54) is 25.7 Å². The van der Waals surface area contributed by atoms with Gasteiger partial charge in [-0.05, 0) is 31.9 Å². The van der Waals surface area contributed by atoms with Crippen LogP contribution in [0.25, 0.3) is 5.69 Å². The molecular formula is C15H16Cl3N3. The highest BCUT2D eigenvalue weighted by Crippen LogP contribution is 2.33. The Morgan fingerprint density at radius 1 is 1.10 bits per heavy atom. The van der Waals surface area contributed by atoms with Gasteiger partial charge in [0.15, 0.2) is 0 Å². The quantitative estimate of drug-likeness (QED) is 0.745. The molecule has 1 aromatic heterocycles. The van der Waals surface area contributed by atoms with Crippen LogP contribution in [0.1, 0.15) is 31.4 Å². The molecule has 1 N–H and O–H groups in total. The summed E-state index contributed by atoms with van der Waals surface area (Å²) in [5.41, 5.74) is 1.71. The summed E-state index contributed by atoms with van der Waals surface area (Å²) < 4.78 is 1.94. The third kappa shape index (κ3) is 3.15. The third-order valence-electron chi connectivity index (χ3n) is 3.76. The average Bonchev–Trinajstić information content (AvgIpc) is 3.04. The normalized spacial score (nSPS) is 15.6. The first-order valence-electron chi connectivity index (χ1n) is 7.02. The number of nitrogens with one attached hydrogen (secondary N) is 1. The van der Waals surface area contributed by atoms with E-state index in [0.29, 0.717) is 21.1 Å². The number of halogens is 3. The molecule has 0 radical (unpaired) electrons. The largest absolute Gasteiger partial charge is 0.353 e. The molecule has 21 heavy (non-hydrogen) atoms. The SMILES string of the molecule is Cc1cn(-c2cc(Cl)c(Cl)cc2Cl)c(NC2CCCC2)n1. The molecule has 6 heteroatoms. The van der Waals surface area contributed by atoms with Gasteiger partial charge in [-0.3, -0.25) is 4.57 Å². The third-order valence-corrected chi connectivity index (χ3v) is 4.79. The van der Waals surface area contributed by atoms with Crippen LogP contribution in [0.3, 0.4) is 0 Å². The van der Waals surface area contributed by atoms with Gasteiger partial charge in [-0.2, -0.15) is 0 Å². The number of benzene rings is 1. The summed E-state index contributed by atoms with van der Waals surface area (Å²) in [5, 5.41) is 4.99. The van der Waals surface area contributed by atoms with Gasteiger partial charge in [-0.25, -0.2) is 4.98 Å². The molecule has 1 aromatic carbocycles. The molecule has 2 aromatic rings. The van der Waals surface area contributed by atoms with E-state index in [-0.39, 0.29) is 0 Å². The number of hydrogen-bond acceptors (Lipinski definition) is 2. The molecule has 1 heterocycles. The van der Waals surface area contributed by atoms with Crippen molar-refractivity contribution in [1.29, 1.82) is 0 Å². The monoisotopic (exact) mass is 343 g/mol. The van der Waals surface area contributed by atoms with E-state index < -0.39 is 0 Å². The number of aryl methyl sites for hydroxylation is 1. The zero-order valence-electron chi connectivity index (χ0n) is 11.7. The van der Waals surface area contributed by atoms with Crippen molar-refractivity contribution < 1.29 is 0 Å². The maximum absolute atomic E-state index is 6.31. The van der Waals surface area contributed by atoms with Crippen LogP contribution in [0.15, 0.2) is 18.3 Å². The number of aromatic nitrogens is 2. The summed E-state index contributed by atoms with van der Waals surface area (Å²) in [6.45, 7) is 1.96. The predicted octanol–water partition coefficient (Wildman–Crippen LogP) is 5.50. The fourth-order valence-electron chi connectivity index (χ4n) is 2.73. The Bertz CT molecular complexity index is 660. The Hall–Kier alpha value is -0.900. The van der Waals surface area contributed by atoms with E-state index in [2.05, 4.69) is 10.3 Å². The lowest BCUT2D eigenvalue weighted by molar-refractivity contribution is 0.740. The number of hydrogen-bond donors (Lipinski definition) is 1. The molecule has 3 rings (SSSR count). The highest BCUT2D eigenvalue weighted by molar-refractivity contribution is 6.43. The van der Waals surface area contributed by atoms with Gasteiger partial charge in [-0.15, -0.1) is 0 Å². The lowest BCUT2D eigenvalue weighted by Crippen LogP contribution is -2.17. The van der Waals surface area contributed by atoms with E-state index in [1.54, 1.807) is 12.1 Å². The molecule has 0 bridgehead atoms. The van der Waals surface area contributed by atoms with E-state index in [9.17, 15) is 0 Å². The fourth-order valence-corrected chi connectivity index (χ4v) is 3.36. The summed E-state index contributed by atoms with van der Waals surface area (Å²) in [6.07, 6.45) is 6.85. The van der Waals surface area contributed by atoms with Crippen LogP contribution in [-0.2, 0) is 0 Å². The molecule has 0 unspecified atom stereocenters. The zero-order valence-corrected chi connectivity index (χ0v) is 13.9. The molecule has 1 fully saturated rings. The number of nitrogens with zero attached hydrogens (tertiary/aromatic N) is 2. The van der Waals surface area contributed by atoms with Crippen LogP contribution in [0.5, 0.6) is 0 Å². The molecule has 0 atom stereocenters. The summed E-state index contributed by atoms with van der Waals surface area (Å²) in [4.78, 5) is 4.56. The van der Waals surface area contributed by atoms with Gasteiger partial charge < -0.3 is 5.32 Å². The molecule has 3 nitrogen and oxygen atoms in total. The van der Waals surface area contributed by atoms with Crippen LogP contribution in [0, 0.1) is 6.92 Å². The minimum atomic E-state index is 0.451. The maximum Gasteiger partial charge on any atom is 0.208 e. The summed E-state index contributed by atoms with van der Waals surface area (Å²) in [7, 11) is 0. The first kappa shape index (κ1) is 15.0. The second kappa shape index (κ2) is 6.07. The highest BCUT2D eigenvalue weighted by atomic mass is 35.5. The van der Waals surface area contributed by atoms with Crippen LogP contribution in [0.4, 0.5) is 5.95 Å². The molecule has 1 aliphatic rings. The average molecular weight is 345 g/mol. The van der Waals surface area contributed by atoms with Crippen molar-refractivity contribution in [3.63, 3.8) is 0 Å². The van der Waals surface area contributed by atoms with E-state index >= 15 is 0 Å². The van der Waals surface area contributed by atoms with Crippen molar-refractivity contribution >= 4 is 40.8 Å². The number of rotatable bonds is 3. The highest BCUT2D eigenvalue weighted by Gasteiger charge is 2.19. The molecule has 1 aliphatic carbocycles. The van der Waals surface area contributed by atoms with Crippen LogP contribution < -0.4 is 5.32 Å². The second-order valence-corrected chi connectivity index (χ2v) is 6.64. The van der Waals surface area contributed by atoms with Crippen LogP contribution >= 0.6 is 34.8 Å². The van der Waals surface area contributed by atoms with Gasteiger partial charge in [-0.1, -0.05) is 47.6 Å². The standard InChI is InChI=1S/C15H16Cl3N3/c1-9-8-21(14-7-12(17)11(16)6-13(14)18)15(19-9)20-10-4-2-3-5-10/h6-8,10H,2-5H2,1H3,(H,19,20). The van der Waals surface area contributed by atoms with Gasteiger partial charge in [0.1, 0.15) is 0 Å². The molecule has 1 saturated carbocycles. The van der Waals surface area contributed by atoms with E-state index in [4.69, 9.17) is 34.8 Å².